The summed E-state index contributed by atoms with van der Waals surface area (Å²) in [6.07, 6.45) is 5.45. The number of benzene rings is 1. The number of aromatic amines is 1. The first-order valence-electron chi connectivity index (χ1n) is 10.6. The third-order valence-corrected chi connectivity index (χ3v) is 8.78. The average molecular weight is 438 g/mol. The largest absolute Gasteiger partial charge is 0.423 e. The van der Waals surface area contributed by atoms with Gasteiger partial charge in [0.05, 0.1) is 0 Å². The highest BCUT2D eigenvalue weighted by Gasteiger charge is 2.43. The Kier molecular flexibility index (Phi) is 4.29. The average Bonchev–Trinajstić information content (AvgIpc) is 3.37. The molecule has 1 N–H and O–H groups in total. The van der Waals surface area contributed by atoms with Crippen molar-refractivity contribution >= 4 is 38.2 Å². The number of nitrogens with one attached hydrogen (secondary N) is 1. The Morgan fingerprint density at radius 2 is 1.87 bits per heavy atom. The van der Waals surface area contributed by atoms with Crippen LogP contribution in [-0.4, -0.2) is 59.1 Å². The van der Waals surface area contributed by atoms with Crippen molar-refractivity contribution in [3.8, 4) is 0 Å². The minimum absolute atomic E-state index is 0.349. The van der Waals surface area contributed by atoms with E-state index in [9.17, 15) is 8.42 Å². The highest BCUT2D eigenvalue weighted by Crippen LogP contribution is 2.35. The van der Waals surface area contributed by atoms with E-state index in [0.29, 0.717) is 38.1 Å². The van der Waals surface area contributed by atoms with Gasteiger partial charge in [-0.3, -0.25) is 0 Å². The molecule has 0 spiro atoms. The van der Waals surface area contributed by atoms with Crippen molar-refractivity contribution in [3.63, 3.8) is 0 Å². The normalized spacial score (nSPS) is 19.3. The van der Waals surface area contributed by atoms with Crippen LogP contribution in [0.3, 0.4) is 0 Å². The molecule has 9 heteroatoms. The molecule has 31 heavy (non-hydrogen) atoms. The molecule has 1 aromatic carbocycles. The minimum atomic E-state index is -3.33. The topological polar surface area (TPSA) is 95.3 Å². The van der Waals surface area contributed by atoms with Gasteiger partial charge in [-0.15, -0.1) is 0 Å². The molecule has 2 aliphatic heterocycles. The van der Waals surface area contributed by atoms with Crippen LogP contribution in [0.5, 0.6) is 0 Å². The molecule has 4 aromatic rings. The Balaban J connectivity index is 1.11. The maximum absolute atomic E-state index is 13.2. The van der Waals surface area contributed by atoms with Gasteiger partial charge < -0.3 is 14.3 Å². The third kappa shape index (κ3) is 3.11. The molecule has 3 aromatic heterocycles. The Hall–Kier alpha value is -2.91. The maximum atomic E-state index is 13.2. The van der Waals surface area contributed by atoms with Crippen molar-refractivity contribution < 1.29 is 12.8 Å². The van der Waals surface area contributed by atoms with Crippen molar-refractivity contribution in [2.24, 2.45) is 0 Å². The lowest BCUT2D eigenvalue weighted by Gasteiger charge is -2.41. The summed E-state index contributed by atoms with van der Waals surface area (Å²) < 4.78 is 33.7. The van der Waals surface area contributed by atoms with Gasteiger partial charge in [-0.05, 0) is 48.6 Å². The first kappa shape index (κ1) is 18.8. The van der Waals surface area contributed by atoms with E-state index in [2.05, 4.69) is 21.0 Å². The molecule has 0 amide bonds. The molecule has 0 aliphatic carbocycles. The molecule has 2 aliphatic rings. The SMILES string of the molecule is O=S(=O)(C1CN(c2nc3ccccc3o2)C1)N1CCC(c2c[nH]c3ncccc23)CC1. The van der Waals surface area contributed by atoms with Crippen LogP contribution < -0.4 is 4.90 Å². The van der Waals surface area contributed by atoms with Crippen molar-refractivity contribution in [1.29, 1.82) is 0 Å². The number of pyridine rings is 1. The smallest absolute Gasteiger partial charge is 0.298 e. The highest BCUT2D eigenvalue weighted by molar-refractivity contribution is 7.89. The number of oxazole rings is 1. The fourth-order valence-electron chi connectivity index (χ4n) is 4.73. The number of para-hydroxylation sites is 2. The molecule has 0 saturated carbocycles. The standard InChI is InChI=1S/C22H23N5O3S/c28-31(29,16-13-26(14-16)22-25-19-5-1-2-6-20(19)30-22)27-10-7-15(8-11-27)18-12-24-21-17(18)4-3-9-23-21/h1-6,9,12,15-16H,7-8,10-11,13-14H2,(H,23,24). The molecule has 0 unspecified atom stereocenters. The monoisotopic (exact) mass is 437 g/mol. The Labute approximate surface area is 179 Å². The second kappa shape index (κ2) is 7.06. The number of sulfonamides is 1. The van der Waals surface area contributed by atoms with Crippen LogP contribution in [-0.2, 0) is 10.0 Å². The fraction of sp³-hybridized carbons (Fsp3) is 0.364. The number of piperidine rings is 1. The van der Waals surface area contributed by atoms with Crippen LogP contribution in [0.25, 0.3) is 22.1 Å². The van der Waals surface area contributed by atoms with Crippen molar-refractivity contribution in [2.45, 2.75) is 24.0 Å². The molecule has 6 rings (SSSR count). The van der Waals surface area contributed by atoms with E-state index in [1.54, 1.807) is 10.5 Å². The predicted molar refractivity (Wildman–Crippen MR) is 119 cm³/mol. The van der Waals surface area contributed by atoms with Crippen LogP contribution in [0.2, 0.25) is 0 Å². The first-order valence-corrected chi connectivity index (χ1v) is 12.1. The summed E-state index contributed by atoms with van der Waals surface area (Å²) in [5, 5.41) is 0.730. The van der Waals surface area contributed by atoms with E-state index >= 15 is 0 Å². The summed E-state index contributed by atoms with van der Waals surface area (Å²) in [4.78, 5) is 14.0. The van der Waals surface area contributed by atoms with Crippen molar-refractivity contribution in [3.05, 3.63) is 54.4 Å². The van der Waals surface area contributed by atoms with Gasteiger partial charge in [-0.25, -0.2) is 17.7 Å². The van der Waals surface area contributed by atoms with Gasteiger partial charge in [0.1, 0.15) is 16.4 Å². The van der Waals surface area contributed by atoms with E-state index in [0.717, 1.165) is 35.0 Å². The van der Waals surface area contributed by atoms with Gasteiger partial charge in [0.15, 0.2) is 5.58 Å². The lowest BCUT2D eigenvalue weighted by atomic mass is 9.90. The molecule has 8 nitrogen and oxygen atoms in total. The second-order valence-corrected chi connectivity index (χ2v) is 10.6. The summed E-state index contributed by atoms with van der Waals surface area (Å²) >= 11 is 0. The molecule has 0 atom stereocenters. The molecular weight excluding hydrogens is 414 g/mol. The van der Waals surface area contributed by atoms with Crippen LogP contribution >= 0.6 is 0 Å². The summed E-state index contributed by atoms with van der Waals surface area (Å²) in [6, 6.07) is 12.1. The highest BCUT2D eigenvalue weighted by atomic mass is 32.2. The third-order valence-electron chi connectivity index (χ3n) is 6.56. The summed E-state index contributed by atoms with van der Waals surface area (Å²) in [5.74, 6) is 0.349. The van der Waals surface area contributed by atoms with Gasteiger partial charge in [0.2, 0.25) is 10.0 Å². The van der Waals surface area contributed by atoms with Crippen molar-refractivity contribution in [1.82, 2.24) is 19.3 Å². The maximum Gasteiger partial charge on any atom is 0.298 e. The fourth-order valence-corrected chi connectivity index (χ4v) is 6.60. The van der Waals surface area contributed by atoms with E-state index in [1.807, 2.05) is 41.4 Å². The molecule has 160 valence electrons. The number of aromatic nitrogens is 3. The van der Waals surface area contributed by atoms with Gasteiger partial charge >= 0.3 is 0 Å². The molecule has 5 heterocycles. The van der Waals surface area contributed by atoms with Gasteiger partial charge in [-0.1, -0.05) is 12.1 Å². The number of hydrogen-bond donors (Lipinski definition) is 1. The Bertz CT molecular complexity index is 1310. The van der Waals surface area contributed by atoms with Crippen LogP contribution in [0.1, 0.15) is 24.3 Å². The zero-order valence-electron chi connectivity index (χ0n) is 16.9. The number of anilines is 1. The Morgan fingerprint density at radius 3 is 2.68 bits per heavy atom. The zero-order valence-corrected chi connectivity index (χ0v) is 17.8. The van der Waals surface area contributed by atoms with Gasteiger partial charge in [-0.2, -0.15) is 4.98 Å². The molecule has 2 saturated heterocycles. The van der Waals surface area contributed by atoms with E-state index in [4.69, 9.17) is 4.42 Å². The number of nitrogens with zero attached hydrogens (tertiary/aromatic N) is 4. The van der Waals surface area contributed by atoms with E-state index < -0.39 is 15.3 Å². The van der Waals surface area contributed by atoms with Crippen LogP contribution in [0, 0.1) is 0 Å². The lowest BCUT2D eigenvalue weighted by Crippen LogP contribution is -2.59. The lowest BCUT2D eigenvalue weighted by molar-refractivity contribution is 0.313. The van der Waals surface area contributed by atoms with Gasteiger partial charge in [0.25, 0.3) is 6.01 Å². The van der Waals surface area contributed by atoms with Crippen LogP contribution in [0.15, 0.2) is 53.2 Å². The number of rotatable bonds is 4. The summed E-state index contributed by atoms with van der Waals surface area (Å²) in [6.45, 7) is 1.95. The van der Waals surface area contributed by atoms with E-state index in [1.165, 1.54) is 5.56 Å². The minimum Gasteiger partial charge on any atom is -0.423 e. The van der Waals surface area contributed by atoms with Crippen molar-refractivity contribution in [2.75, 3.05) is 31.1 Å². The second-order valence-electron chi connectivity index (χ2n) is 8.35. The summed E-state index contributed by atoms with van der Waals surface area (Å²) in [7, 11) is -3.33. The number of fused-ring (bicyclic) bond motifs is 2. The molecule has 0 radical (unpaired) electrons. The van der Waals surface area contributed by atoms with Gasteiger partial charge in [0, 0.05) is 44.0 Å². The molecule has 0 bridgehead atoms. The zero-order chi connectivity index (χ0) is 21.0. The molecule has 2 fully saturated rings. The first-order chi connectivity index (χ1) is 15.1. The number of hydrogen-bond acceptors (Lipinski definition) is 6. The number of H-pyrrole nitrogens is 1. The Morgan fingerprint density at radius 1 is 1.06 bits per heavy atom. The predicted octanol–water partition coefficient (Wildman–Crippen LogP) is 3.10. The summed E-state index contributed by atoms with van der Waals surface area (Å²) in [5.41, 5.74) is 3.64. The molecular formula is C22H23N5O3S. The quantitative estimate of drug-likeness (QED) is 0.527. The van der Waals surface area contributed by atoms with Crippen LogP contribution in [0.4, 0.5) is 6.01 Å². The van der Waals surface area contributed by atoms with E-state index in [-0.39, 0.29) is 0 Å².